The van der Waals surface area contributed by atoms with Crippen molar-refractivity contribution in [3.8, 4) is 0 Å². The molecule has 2 aromatic rings. The van der Waals surface area contributed by atoms with Crippen LogP contribution in [0.25, 0.3) is 10.9 Å². The average molecular weight is 272 g/mol. The van der Waals surface area contributed by atoms with Gasteiger partial charge in [-0.3, -0.25) is 14.6 Å². The van der Waals surface area contributed by atoms with Gasteiger partial charge >= 0.3 is 5.97 Å². The minimum Gasteiger partial charge on any atom is -0.466 e. The van der Waals surface area contributed by atoms with Gasteiger partial charge in [-0.15, -0.1) is 0 Å². The summed E-state index contributed by atoms with van der Waals surface area (Å²) in [4.78, 5) is 27.5. The van der Waals surface area contributed by atoms with Crippen LogP contribution in [0, 0.1) is 0 Å². The maximum atomic E-state index is 12.1. The highest BCUT2D eigenvalue weighted by atomic mass is 16.5. The first-order valence-electron chi connectivity index (χ1n) is 6.50. The van der Waals surface area contributed by atoms with Gasteiger partial charge in [-0.05, 0) is 25.1 Å². The predicted molar refractivity (Wildman–Crippen MR) is 75.3 cm³/mol. The van der Waals surface area contributed by atoms with Crippen LogP contribution in [0.3, 0.4) is 0 Å². The second kappa shape index (κ2) is 6.65. The van der Waals surface area contributed by atoms with Gasteiger partial charge in [0.15, 0.2) is 0 Å². The Morgan fingerprint density at radius 3 is 2.90 bits per heavy atom. The molecule has 5 heteroatoms. The van der Waals surface area contributed by atoms with Crippen molar-refractivity contribution in [1.82, 2.24) is 10.3 Å². The molecule has 0 spiro atoms. The van der Waals surface area contributed by atoms with Crippen LogP contribution in [-0.4, -0.2) is 30.0 Å². The van der Waals surface area contributed by atoms with E-state index in [1.54, 1.807) is 31.3 Å². The number of benzene rings is 1. The monoisotopic (exact) mass is 272 g/mol. The van der Waals surface area contributed by atoms with E-state index in [-0.39, 0.29) is 24.8 Å². The first-order valence-corrected chi connectivity index (χ1v) is 6.50. The molecule has 20 heavy (non-hydrogen) atoms. The third kappa shape index (κ3) is 3.32. The topological polar surface area (TPSA) is 68.3 Å². The second-order valence-electron chi connectivity index (χ2n) is 4.19. The molecule has 1 N–H and O–H groups in total. The number of hydrogen-bond acceptors (Lipinski definition) is 4. The number of amides is 1. The highest BCUT2D eigenvalue weighted by Gasteiger charge is 2.10. The molecule has 0 bridgehead atoms. The molecule has 0 aliphatic heterocycles. The van der Waals surface area contributed by atoms with Gasteiger partial charge < -0.3 is 10.1 Å². The Labute approximate surface area is 117 Å². The molecule has 0 unspecified atom stereocenters. The van der Waals surface area contributed by atoms with E-state index in [2.05, 4.69) is 10.3 Å². The Balaban J connectivity index is 2.03. The summed E-state index contributed by atoms with van der Waals surface area (Å²) in [7, 11) is 0. The maximum Gasteiger partial charge on any atom is 0.307 e. The van der Waals surface area contributed by atoms with Crippen molar-refractivity contribution in [2.45, 2.75) is 13.3 Å². The number of hydrogen-bond donors (Lipinski definition) is 1. The van der Waals surface area contributed by atoms with Gasteiger partial charge in [0, 0.05) is 23.7 Å². The minimum atomic E-state index is -0.313. The van der Waals surface area contributed by atoms with Crippen LogP contribution in [0.15, 0.2) is 36.5 Å². The normalized spacial score (nSPS) is 10.2. The van der Waals surface area contributed by atoms with Crippen molar-refractivity contribution in [2.75, 3.05) is 13.2 Å². The molecular weight excluding hydrogens is 256 g/mol. The Morgan fingerprint density at radius 1 is 1.25 bits per heavy atom. The number of fused-ring (bicyclic) bond motifs is 1. The Morgan fingerprint density at radius 2 is 2.10 bits per heavy atom. The number of esters is 1. The average Bonchev–Trinajstić information content (AvgIpc) is 2.47. The molecule has 0 saturated heterocycles. The molecule has 0 radical (unpaired) electrons. The third-order valence-corrected chi connectivity index (χ3v) is 2.81. The molecule has 1 aromatic heterocycles. The molecule has 1 heterocycles. The molecule has 0 fully saturated rings. The van der Waals surface area contributed by atoms with E-state index in [4.69, 9.17) is 4.74 Å². The van der Waals surface area contributed by atoms with Gasteiger partial charge in [0.1, 0.15) is 0 Å². The lowest BCUT2D eigenvalue weighted by Crippen LogP contribution is -2.26. The zero-order valence-corrected chi connectivity index (χ0v) is 11.3. The highest BCUT2D eigenvalue weighted by Crippen LogP contribution is 2.16. The maximum absolute atomic E-state index is 12.1. The van der Waals surface area contributed by atoms with E-state index in [0.717, 1.165) is 10.9 Å². The molecule has 104 valence electrons. The van der Waals surface area contributed by atoms with Crippen molar-refractivity contribution in [2.24, 2.45) is 0 Å². The van der Waals surface area contributed by atoms with Crippen molar-refractivity contribution < 1.29 is 14.3 Å². The molecule has 1 amide bonds. The van der Waals surface area contributed by atoms with Crippen LogP contribution in [-0.2, 0) is 9.53 Å². The van der Waals surface area contributed by atoms with Crippen molar-refractivity contribution in [3.05, 3.63) is 42.1 Å². The lowest BCUT2D eigenvalue weighted by atomic mass is 10.1. The van der Waals surface area contributed by atoms with E-state index >= 15 is 0 Å². The van der Waals surface area contributed by atoms with E-state index in [9.17, 15) is 9.59 Å². The quantitative estimate of drug-likeness (QED) is 0.844. The van der Waals surface area contributed by atoms with Crippen LogP contribution in [0.1, 0.15) is 23.7 Å². The van der Waals surface area contributed by atoms with Gasteiger partial charge in [-0.2, -0.15) is 0 Å². The van der Waals surface area contributed by atoms with E-state index in [1.165, 1.54) is 0 Å². The number of nitrogens with one attached hydrogen (secondary N) is 1. The van der Waals surface area contributed by atoms with E-state index in [1.807, 2.05) is 12.1 Å². The van der Waals surface area contributed by atoms with Gasteiger partial charge in [-0.1, -0.05) is 12.1 Å². The Hall–Kier alpha value is -2.43. The molecule has 5 nitrogen and oxygen atoms in total. The lowest BCUT2D eigenvalue weighted by Gasteiger charge is -2.07. The van der Waals surface area contributed by atoms with Crippen molar-refractivity contribution in [1.29, 1.82) is 0 Å². The number of carbonyl (C=O) groups excluding carboxylic acids is 2. The fourth-order valence-corrected chi connectivity index (χ4v) is 1.91. The summed E-state index contributed by atoms with van der Waals surface area (Å²) in [5, 5.41) is 3.51. The molecular formula is C15H16N2O3. The third-order valence-electron chi connectivity index (χ3n) is 2.81. The standard InChI is InChI=1S/C15H16N2O3/c1-2-20-14(18)8-10-17-15(19)12-5-3-7-13-11(12)6-4-9-16-13/h3-7,9H,2,8,10H2,1H3,(H,17,19). The number of carbonyl (C=O) groups is 2. The van der Waals surface area contributed by atoms with Crippen LogP contribution < -0.4 is 5.32 Å². The van der Waals surface area contributed by atoms with Crippen LogP contribution in [0.5, 0.6) is 0 Å². The number of pyridine rings is 1. The Kier molecular flexibility index (Phi) is 4.65. The SMILES string of the molecule is CCOC(=O)CCNC(=O)c1cccc2ncccc12. The smallest absolute Gasteiger partial charge is 0.307 e. The predicted octanol–water partition coefficient (Wildman–Crippen LogP) is 1.92. The largest absolute Gasteiger partial charge is 0.466 e. The first-order chi connectivity index (χ1) is 9.72. The van der Waals surface area contributed by atoms with Gasteiger partial charge in [0.2, 0.25) is 0 Å². The summed E-state index contributed by atoms with van der Waals surface area (Å²) in [6.45, 7) is 2.36. The van der Waals surface area contributed by atoms with Gasteiger partial charge in [-0.25, -0.2) is 0 Å². The van der Waals surface area contributed by atoms with Crippen LogP contribution in [0.2, 0.25) is 0 Å². The highest BCUT2D eigenvalue weighted by molar-refractivity contribution is 6.06. The number of ether oxygens (including phenoxy) is 1. The summed E-state index contributed by atoms with van der Waals surface area (Å²) in [6, 6.07) is 9.02. The number of rotatable bonds is 5. The van der Waals surface area contributed by atoms with Crippen molar-refractivity contribution >= 4 is 22.8 Å². The summed E-state index contributed by atoms with van der Waals surface area (Å²) in [5.74, 6) is -0.528. The summed E-state index contributed by atoms with van der Waals surface area (Å²) < 4.78 is 4.80. The minimum absolute atomic E-state index is 0.169. The zero-order chi connectivity index (χ0) is 14.4. The molecule has 1 aromatic carbocycles. The zero-order valence-electron chi connectivity index (χ0n) is 11.3. The fourth-order valence-electron chi connectivity index (χ4n) is 1.91. The second-order valence-corrected chi connectivity index (χ2v) is 4.19. The van der Waals surface area contributed by atoms with E-state index < -0.39 is 0 Å². The molecule has 0 aliphatic rings. The van der Waals surface area contributed by atoms with Gasteiger partial charge in [0.25, 0.3) is 5.91 Å². The molecule has 0 saturated carbocycles. The van der Waals surface area contributed by atoms with Crippen LogP contribution in [0.4, 0.5) is 0 Å². The van der Waals surface area contributed by atoms with Gasteiger partial charge in [0.05, 0.1) is 18.5 Å². The summed E-state index contributed by atoms with van der Waals surface area (Å²) >= 11 is 0. The van der Waals surface area contributed by atoms with Crippen LogP contribution >= 0.6 is 0 Å². The number of aromatic nitrogens is 1. The lowest BCUT2D eigenvalue weighted by molar-refractivity contribution is -0.142. The molecule has 0 aliphatic carbocycles. The van der Waals surface area contributed by atoms with Crippen molar-refractivity contribution in [3.63, 3.8) is 0 Å². The summed E-state index contributed by atoms with van der Waals surface area (Å²) in [5.41, 5.74) is 1.32. The summed E-state index contributed by atoms with van der Waals surface area (Å²) in [6.07, 6.45) is 1.85. The molecule has 2 rings (SSSR count). The molecule has 0 atom stereocenters. The number of nitrogens with zero attached hydrogens (tertiary/aromatic N) is 1. The first kappa shape index (κ1) is 14.0. The van der Waals surface area contributed by atoms with E-state index in [0.29, 0.717) is 12.2 Å². The fraction of sp³-hybridized carbons (Fsp3) is 0.267. The Bertz CT molecular complexity index is 620.